The van der Waals surface area contributed by atoms with E-state index in [1.165, 1.54) is 5.56 Å². The number of halogens is 1. The zero-order valence-electron chi connectivity index (χ0n) is 13.7. The van der Waals surface area contributed by atoms with Crippen molar-refractivity contribution in [3.8, 4) is 17.1 Å². The van der Waals surface area contributed by atoms with Crippen molar-refractivity contribution in [2.24, 2.45) is 0 Å². The van der Waals surface area contributed by atoms with Crippen LogP contribution in [0.15, 0.2) is 54.6 Å². The molecule has 2 aromatic carbocycles. The predicted octanol–water partition coefficient (Wildman–Crippen LogP) is 4.06. The fraction of sp³-hybridized carbons (Fsp3) is 0.200. The summed E-state index contributed by atoms with van der Waals surface area (Å²) in [5, 5.41) is 9.99. The van der Waals surface area contributed by atoms with E-state index in [0.717, 1.165) is 42.9 Å². The van der Waals surface area contributed by atoms with E-state index in [4.69, 9.17) is 16.6 Å². The maximum atomic E-state index is 9.45. The van der Waals surface area contributed by atoms with Gasteiger partial charge in [0.2, 0.25) is 0 Å². The SMILES string of the molecule is Oc1ccc(-c2nc(Cl)c3c(n2)CN(Cc2ccccc2)CC3)cc1. The maximum Gasteiger partial charge on any atom is 0.161 e. The number of hydrogen-bond donors (Lipinski definition) is 1. The monoisotopic (exact) mass is 351 g/mol. The Morgan fingerprint density at radius 1 is 1.00 bits per heavy atom. The minimum Gasteiger partial charge on any atom is -0.508 e. The smallest absolute Gasteiger partial charge is 0.161 e. The van der Waals surface area contributed by atoms with E-state index >= 15 is 0 Å². The predicted molar refractivity (Wildman–Crippen MR) is 98.4 cm³/mol. The minimum atomic E-state index is 0.224. The van der Waals surface area contributed by atoms with Crippen LogP contribution in [0.2, 0.25) is 5.15 Å². The largest absolute Gasteiger partial charge is 0.508 e. The molecule has 0 radical (unpaired) electrons. The highest BCUT2D eigenvalue weighted by Crippen LogP contribution is 2.28. The number of phenolic OH excluding ortho intramolecular Hbond substituents is 1. The van der Waals surface area contributed by atoms with Crippen LogP contribution in [0.1, 0.15) is 16.8 Å². The molecular weight excluding hydrogens is 334 g/mol. The Morgan fingerprint density at radius 3 is 2.52 bits per heavy atom. The van der Waals surface area contributed by atoms with Crippen LogP contribution in [-0.4, -0.2) is 26.5 Å². The zero-order chi connectivity index (χ0) is 17.2. The lowest BCUT2D eigenvalue weighted by Crippen LogP contribution is -2.31. The highest BCUT2D eigenvalue weighted by atomic mass is 35.5. The molecule has 0 fully saturated rings. The van der Waals surface area contributed by atoms with E-state index in [9.17, 15) is 5.11 Å². The first kappa shape index (κ1) is 16.1. The molecule has 0 spiro atoms. The highest BCUT2D eigenvalue weighted by Gasteiger charge is 2.22. The Balaban J connectivity index is 1.61. The van der Waals surface area contributed by atoms with Gasteiger partial charge in [-0.15, -0.1) is 0 Å². The molecule has 4 rings (SSSR count). The first-order chi connectivity index (χ1) is 12.2. The minimum absolute atomic E-state index is 0.224. The van der Waals surface area contributed by atoms with Crippen LogP contribution in [0.25, 0.3) is 11.4 Å². The van der Waals surface area contributed by atoms with Crippen LogP contribution in [0.4, 0.5) is 0 Å². The van der Waals surface area contributed by atoms with Gasteiger partial charge in [-0.1, -0.05) is 41.9 Å². The zero-order valence-corrected chi connectivity index (χ0v) is 14.4. The van der Waals surface area contributed by atoms with Crippen molar-refractivity contribution in [3.63, 3.8) is 0 Å². The number of aromatic hydroxyl groups is 1. The summed E-state index contributed by atoms with van der Waals surface area (Å²) < 4.78 is 0. The van der Waals surface area contributed by atoms with Crippen LogP contribution in [0, 0.1) is 0 Å². The van der Waals surface area contributed by atoms with Crippen LogP contribution in [0.3, 0.4) is 0 Å². The maximum absolute atomic E-state index is 9.45. The van der Waals surface area contributed by atoms with Gasteiger partial charge in [-0.05, 0) is 36.2 Å². The summed E-state index contributed by atoms with van der Waals surface area (Å²) in [5.74, 6) is 0.826. The van der Waals surface area contributed by atoms with E-state index in [-0.39, 0.29) is 5.75 Å². The molecule has 1 N–H and O–H groups in total. The van der Waals surface area contributed by atoms with Gasteiger partial charge in [0.15, 0.2) is 5.82 Å². The molecule has 0 aliphatic carbocycles. The summed E-state index contributed by atoms with van der Waals surface area (Å²) in [6.07, 6.45) is 0.858. The quantitative estimate of drug-likeness (QED) is 0.723. The van der Waals surface area contributed by atoms with Gasteiger partial charge in [0, 0.05) is 30.8 Å². The second-order valence-corrected chi connectivity index (χ2v) is 6.61. The number of nitrogens with zero attached hydrogens (tertiary/aromatic N) is 3. The van der Waals surface area contributed by atoms with Gasteiger partial charge < -0.3 is 5.11 Å². The normalized spacial score (nSPS) is 14.3. The standard InChI is InChI=1S/C20H18ClN3O/c21-19-17-10-11-24(12-14-4-2-1-3-5-14)13-18(17)22-20(23-19)15-6-8-16(25)9-7-15/h1-9,25H,10-13H2. The fourth-order valence-corrected chi connectivity index (χ4v) is 3.44. The highest BCUT2D eigenvalue weighted by molar-refractivity contribution is 6.30. The molecule has 3 aromatic rings. The molecule has 25 heavy (non-hydrogen) atoms. The van der Waals surface area contributed by atoms with Crippen molar-refractivity contribution in [3.05, 3.63) is 76.6 Å². The molecule has 0 bridgehead atoms. The van der Waals surface area contributed by atoms with Gasteiger partial charge in [0.1, 0.15) is 10.9 Å². The number of hydrogen-bond acceptors (Lipinski definition) is 4. The van der Waals surface area contributed by atoms with Gasteiger partial charge in [0.05, 0.1) is 5.69 Å². The molecule has 1 aromatic heterocycles. The second kappa shape index (κ2) is 6.82. The number of phenols is 1. The van der Waals surface area contributed by atoms with E-state index in [1.807, 2.05) is 6.07 Å². The summed E-state index contributed by atoms with van der Waals surface area (Å²) >= 11 is 6.42. The van der Waals surface area contributed by atoms with Crippen LogP contribution >= 0.6 is 11.6 Å². The topological polar surface area (TPSA) is 49.3 Å². The third kappa shape index (κ3) is 3.50. The molecule has 4 nitrogen and oxygen atoms in total. The summed E-state index contributed by atoms with van der Waals surface area (Å²) in [5.41, 5.74) is 4.19. The summed E-state index contributed by atoms with van der Waals surface area (Å²) in [6, 6.07) is 17.3. The Labute approximate surface area is 151 Å². The van der Waals surface area contributed by atoms with Crippen molar-refractivity contribution in [1.29, 1.82) is 0 Å². The summed E-state index contributed by atoms with van der Waals surface area (Å²) in [7, 11) is 0. The van der Waals surface area contributed by atoms with Crippen molar-refractivity contribution in [2.45, 2.75) is 19.5 Å². The third-order valence-corrected chi connectivity index (χ3v) is 4.78. The number of benzene rings is 2. The van der Waals surface area contributed by atoms with Gasteiger partial charge in [-0.25, -0.2) is 9.97 Å². The number of aromatic nitrogens is 2. The van der Waals surface area contributed by atoms with E-state index < -0.39 is 0 Å². The van der Waals surface area contributed by atoms with Crippen LogP contribution < -0.4 is 0 Å². The average molecular weight is 352 g/mol. The lowest BCUT2D eigenvalue weighted by Gasteiger charge is -2.28. The Bertz CT molecular complexity index is 881. The number of fused-ring (bicyclic) bond motifs is 1. The molecule has 126 valence electrons. The molecule has 5 heteroatoms. The number of rotatable bonds is 3. The lowest BCUT2D eigenvalue weighted by molar-refractivity contribution is 0.241. The molecular formula is C20H18ClN3O. The molecule has 0 saturated heterocycles. The van der Waals surface area contributed by atoms with Gasteiger partial charge in [-0.3, -0.25) is 4.90 Å². The van der Waals surface area contributed by atoms with Gasteiger partial charge in [0.25, 0.3) is 0 Å². The summed E-state index contributed by atoms with van der Waals surface area (Å²) in [4.78, 5) is 11.6. The second-order valence-electron chi connectivity index (χ2n) is 6.26. The van der Waals surface area contributed by atoms with E-state index in [0.29, 0.717) is 11.0 Å². The van der Waals surface area contributed by atoms with E-state index in [2.05, 4.69) is 34.1 Å². The molecule has 1 aliphatic rings. The molecule has 1 aliphatic heterocycles. The van der Waals surface area contributed by atoms with Crippen LogP contribution in [0.5, 0.6) is 5.75 Å². The Morgan fingerprint density at radius 2 is 1.76 bits per heavy atom. The van der Waals surface area contributed by atoms with Crippen molar-refractivity contribution < 1.29 is 5.11 Å². The van der Waals surface area contributed by atoms with Gasteiger partial charge >= 0.3 is 0 Å². The van der Waals surface area contributed by atoms with Crippen LogP contribution in [-0.2, 0) is 19.5 Å². The van der Waals surface area contributed by atoms with Gasteiger partial charge in [-0.2, -0.15) is 0 Å². The summed E-state index contributed by atoms with van der Waals surface area (Å²) in [6.45, 7) is 2.61. The third-order valence-electron chi connectivity index (χ3n) is 4.47. The fourth-order valence-electron chi connectivity index (χ4n) is 3.16. The Kier molecular flexibility index (Phi) is 4.38. The van der Waals surface area contributed by atoms with Crippen molar-refractivity contribution in [1.82, 2.24) is 14.9 Å². The van der Waals surface area contributed by atoms with E-state index in [1.54, 1.807) is 24.3 Å². The molecule has 0 amide bonds. The van der Waals surface area contributed by atoms with Crippen molar-refractivity contribution >= 4 is 11.6 Å². The first-order valence-corrected chi connectivity index (χ1v) is 8.68. The molecule has 0 saturated carbocycles. The lowest BCUT2D eigenvalue weighted by atomic mass is 10.1. The Hall–Kier alpha value is -2.43. The molecule has 2 heterocycles. The average Bonchev–Trinajstić information content (AvgIpc) is 2.63. The molecule has 0 unspecified atom stereocenters. The van der Waals surface area contributed by atoms with Crippen molar-refractivity contribution in [2.75, 3.05) is 6.54 Å². The molecule has 0 atom stereocenters. The first-order valence-electron chi connectivity index (χ1n) is 8.30.